The van der Waals surface area contributed by atoms with E-state index in [1.54, 1.807) is 0 Å². The molecule has 6 heteroatoms. The molecule has 2 saturated heterocycles. The topological polar surface area (TPSA) is 72.7 Å². The maximum atomic E-state index is 13.1. The van der Waals surface area contributed by atoms with Gasteiger partial charge in [0, 0.05) is 17.5 Å². The van der Waals surface area contributed by atoms with Crippen molar-refractivity contribution in [2.45, 2.75) is 42.8 Å². The zero-order valence-corrected chi connectivity index (χ0v) is 17.0. The lowest BCUT2D eigenvalue weighted by molar-refractivity contribution is -0.534. The van der Waals surface area contributed by atoms with Crippen molar-refractivity contribution in [3.8, 4) is 0 Å². The second kappa shape index (κ2) is 8.40. The number of ether oxygens (including phenoxy) is 1. The van der Waals surface area contributed by atoms with E-state index in [1.165, 1.54) is 7.11 Å². The Labute approximate surface area is 176 Å². The predicted molar refractivity (Wildman–Crippen MR) is 115 cm³/mol. The zero-order valence-electron chi connectivity index (χ0n) is 17.0. The normalized spacial score (nSPS) is 28.9. The number of hydrogen-bond acceptors (Lipinski definition) is 5. The lowest BCUT2D eigenvalue weighted by Crippen LogP contribution is -2.62. The summed E-state index contributed by atoms with van der Waals surface area (Å²) >= 11 is 0. The van der Waals surface area contributed by atoms with Crippen molar-refractivity contribution >= 4 is 12.0 Å². The van der Waals surface area contributed by atoms with Crippen LogP contribution in [0.4, 0.5) is 0 Å². The lowest BCUT2D eigenvalue weighted by Gasteiger charge is -2.41. The van der Waals surface area contributed by atoms with E-state index in [4.69, 9.17) is 4.74 Å². The van der Waals surface area contributed by atoms with Crippen LogP contribution in [-0.4, -0.2) is 47.1 Å². The molecule has 0 aliphatic carbocycles. The van der Waals surface area contributed by atoms with Gasteiger partial charge in [0.25, 0.3) is 6.04 Å². The molecule has 2 aromatic carbocycles. The summed E-state index contributed by atoms with van der Waals surface area (Å²) in [5.74, 6) is -0.946. The SMILES string of the molecule is COC(=O)[C@@]12CCCCN1[C@H](/C=C/c1ccccc1)[C@H](c1ccccc1)[C@H]2[N+](=O)[O-]. The van der Waals surface area contributed by atoms with Crippen LogP contribution in [0.1, 0.15) is 36.3 Å². The van der Waals surface area contributed by atoms with E-state index in [1.807, 2.05) is 77.7 Å². The van der Waals surface area contributed by atoms with Crippen molar-refractivity contribution < 1.29 is 14.5 Å². The average Bonchev–Trinajstić information content (AvgIpc) is 3.10. The molecule has 4 rings (SSSR count). The Bertz CT molecular complexity index is 931. The molecule has 30 heavy (non-hydrogen) atoms. The summed E-state index contributed by atoms with van der Waals surface area (Å²) in [4.78, 5) is 27.3. The molecule has 0 radical (unpaired) electrons. The highest BCUT2D eigenvalue weighted by molar-refractivity contribution is 5.83. The van der Waals surface area contributed by atoms with Crippen molar-refractivity contribution in [2.75, 3.05) is 13.7 Å². The van der Waals surface area contributed by atoms with Crippen molar-refractivity contribution in [1.29, 1.82) is 0 Å². The first kappa shape index (κ1) is 20.3. The third-order valence-corrected chi connectivity index (χ3v) is 6.51. The van der Waals surface area contributed by atoms with Gasteiger partial charge in [0.15, 0.2) is 5.54 Å². The first-order valence-electron chi connectivity index (χ1n) is 10.4. The molecule has 0 saturated carbocycles. The molecule has 2 aliphatic heterocycles. The Hall–Kier alpha value is -2.99. The summed E-state index contributed by atoms with van der Waals surface area (Å²) in [6.07, 6.45) is 6.14. The van der Waals surface area contributed by atoms with Gasteiger partial charge in [-0.05, 0) is 30.4 Å². The Balaban J connectivity index is 1.87. The molecule has 156 valence electrons. The molecule has 2 aliphatic rings. The number of benzene rings is 2. The molecule has 0 N–H and O–H groups in total. The number of carbonyl (C=O) groups excluding carboxylic acids is 1. The minimum atomic E-state index is -1.25. The minimum absolute atomic E-state index is 0.261. The number of piperidine rings is 1. The Morgan fingerprint density at radius 3 is 2.43 bits per heavy atom. The van der Waals surface area contributed by atoms with Gasteiger partial charge in [0.1, 0.15) is 0 Å². The summed E-state index contributed by atoms with van der Waals surface area (Å²) in [5, 5.41) is 12.4. The predicted octanol–water partition coefficient (Wildman–Crippen LogP) is 3.91. The van der Waals surface area contributed by atoms with Crippen LogP contribution in [0.2, 0.25) is 0 Å². The fourth-order valence-electron chi connectivity index (χ4n) is 5.30. The fourth-order valence-corrected chi connectivity index (χ4v) is 5.30. The zero-order chi connectivity index (χ0) is 21.1. The summed E-state index contributed by atoms with van der Waals surface area (Å²) < 4.78 is 5.16. The van der Waals surface area contributed by atoms with E-state index in [2.05, 4.69) is 0 Å². The van der Waals surface area contributed by atoms with Crippen molar-refractivity contribution in [2.24, 2.45) is 0 Å². The van der Waals surface area contributed by atoms with Crippen LogP contribution in [0.25, 0.3) is 6.08 Å². The van der Waals surface area contributed by atoms with Gasteiger partial charge < -0.3 is 4.74 Å². The number of rotatable bonds is 5. The van der Waals surface area contributed by atoms with E-state index in [9.17, 15) is 14.9 Å². The molecule has 0 unspecified atom stereocenters. The Kier molecular flexibility index (Phi) is 5.68. The molecule has 4 atom stereocenters. The number of esters is 1. The molecule has 0 aromatic heterocycles. The van der Waals surface area contributed by atoms with Gasteiger partial charge in [-0.2, -0.15) is 0 Å². The van der Waals surface area contributed by atoms with Gasteiger partial charge in [-0.3, -0.25) is 15.0 Å². The number of nitrogens with zero attached hydrogens (tertiary/aromatic N) is 2. The molecule has 0 bridgehead atoms. The average molecular weight is 406 g/mol. The summed E-state index contributed by atoms with van der Waals surface area (Å²) in [6, 6.07) is 18.1. The first-order valence-corrected chi connectivity index (χ1v) is 10.4. The Morgan fingerprint density at radius 1 is 1.13 bits per heavy atom. The monoisotopic (exact) mass is 406 g/mol. The molecule has 2 fully saturated rings. The third kappa shape index (κ3) is 3.31. The van der Waals surface area contributed by atoms with Crippen LogP contribution in [0.15, 0.2) is 66.7 Å². The molecular formula is C24H26N2O4. The number of hydrogen-bond donors (Lipinski definition) is 0. The van der Waals surface area contributed by atoms with Crippen LogP contribution in [-0.2, 0) is 9.53 Å². The third-order valence-electron chi connectivity index (χ3n) is 6.51. The van der Waals surface area contributed by atoms with E-state index in [-0.39, 0.29) is 11.0 Å². The van der Waals surface area contributed by atoms with Gasteiger partial charge in [-0.15, -0.1) is 0 Å². The Morgan fingerprint density at radius 2 is 1.80 bits per heavy atom. The van der Waals surface area contributed by atoms with Crippen molar-refractivity contribution in [3.63, 3.8) is 0 Å². The van der Waals surface area contributed by atoms with Crippen molar-refractivity contribution in [1.82, 2.24) is 4.90 Å². The molecule has 6 nitrogen and oxygen atoms in total. The first-order chi connectivity index (χ1) is 14.6. The van der Waals surface area contributed by atoms with Crippen LogP contribution in [0.3, 0.4) is 0 Å². The second-order valence-electron chi connectivity index (χ2n) is 7.99. The maximum absolute atomic E-state index is 13.1. The van der Waals surface area contributed by atoms with Crippen molar-refractivity contribution in [3.05, 3.63) is 88.0 Å². The van der Waals surface area contributed by atoms with Gasteiger partial charge in [0.05, 0.1) is 13.0 Å². The summed E-state index contributed by atoms with van der Waals surface area (Å²) in [6.45, 7) is 0.632. The highest BCUT2D eigenvalue weighted by Crippen LogP contribution is 2.50. The van der Waals surface area contributed by atoms with E-state index >= 15 is 0 Å². The van der Waals surface area contributed by atoms with E-state index < -0.39 is 23.5 Å². The van der Waals surface area contributed by atoms with Gasteiger partial charge in [-0.1, -0.05) is 72.8 Å². The van der Waals surface area contributed by atoms with Crippen LogP contribution >= 0.6 is 0 Å². The van der Waals surface area contributed by atoms with Crippen LogP contribution in [0.5, 0.6) is 0 Å². The van der Waals surface area contributed by atoms with E-state index in [0.717, 1.165) is 24.0 Å². The quantitative estimate of drug-likeness (QED) is 0.428. The standard InChI is InChI=1S/C24H26N2O4/c1-30-23(27)24-16-8-9-17-25(24)20(15-14-18-10-4-2-5-11-18)21(22(24)26(28)29)19-12-6-3-7-13-19/h2-7,10-15,20-22H,8-9,16-17H2,1H3/b15-14+/t20-,21+,22-,24+/m1/s1. The number of fused-ring (bicyclic) bond motifs is 1. The number of carbonyl (C=O) groups is 1. The molecule has 2 heterocycles. The van der Waals surface area contributed by atoms with Gasteiger partial charge in [0.2, 0.25) is 0 Å². The summed E-state index contributed by atoms with van der Waals surface area (Å²) in [7, 11) is 1.32. The smallest absolute Gasteiger partial charge is 0.333 e. The largest absolute Gasteiger partial charge is 0.467 e. The maximum Gasteiger partial charge on any atom is 0.333 e. The van der Waals surface area contributed by atoms with Crippen LogP contribution < -0.4 is 0 Å². The highest BCUT2D eigenvalue weighted by atomic mass is 16.6. The molecule has 0 spiro atoms. The lowest BCUT2D eigenvalue weighted by atomic mass is 9.78. The highest BCUT2D eigenvalue weighted by Gasteiger charge is 2.69. The number of nitro groups is 1. The molecule has 2 aromatic rings. The fraction of sp³-hybridized carbons (Fsp3) is 0.375. The van der Waals surface area contributed by atoms with E-state index in [0.29, 0.717) is 13.0 Å². The summed E-state index contributed by atoms with van der Waals surface area (Å²) in [5.41, 5.74) is 0.650. The molecule has 0 amide bonds. The van der Waals surface area contributed by atoms with Gasteiger partial charge >= 0.3 is 5.97 Å². The number of methoxy groups -OCH3 is 1. The van der Waals surface area contributed by atoms with Crippen LogP contribution in [0, 0.1) is 10.1 Å². The van der Waals surface area contributed by atoms with Gasteiger partial charge in [-0.25, -0.2) is 4.79 Å². The second-order valence-corrected chi connectivity index (χ2v) is 7.99. The minimum Gasteiger partial charge on any atom is -0.467 e. The molecular weight excluding hydrogens is 380 g/mol.